The average molecular weight is 342 g/mol. The maximum Gasteiger partial charge on any atom is 0.133 e. The summed E-state index contributed by atoms with van der Waals surface area (Å²) in [4.78, 5) is 0. The number of aryl methyl sites for hydroxylation is 1. The molecule has 0 heterocycles. The highest BCUT2D eigenvalue weighted by molar-refractivity contribution is 14.1. The maximum absolute atomic E-state index is 12.9. The van der Waals surface area contributed by atoms with Crippen molar-refractivity contribution in [2.75, 3.05) is 0 Å². The molecule has 0 aliphatic rings. The first-order valence-electron chi connectivity index (χ1n) is 5.29. The van der Waals surface area contributed by atoms with Gasteiger partial charge in [0.1, 0.15) is 18.2 Å². The summed E-state index contributed by atoms with van der Waals surface area (Å²) in [6, 6.07) is 12.6. The quantitative estimate of drug-likeness (QED) is 0.755. The van der Waals surface area contributed by atoms with Gasteiger partial charge in [0.2, 0.25) is 0 Å². The maximum atomic E-state index is 12.9. The van der Waals surface area contributed by atoms with E-state index in [9.17, 15) is 4.39 Å². The minimum absolute atomic E-state index is 0.208. The van der Waals surface area contributed by atoms with Crippen LogP contribution in [0.4, 0.5) is 4.39 Å². The predicted molar refractivity (Wildman–Crippen MR) is 74.6 cm³/mol. The fourth-order valence-electron chi connectivity index (χ4n) is 1.54. The predicted octanol–water partition coefficient (Wildman–Crippen LogP) is 4.32. The number of ether oxygens (including phenoxy) is 1. The molecule has 0 N–H and O–H groups in total. The second-order valence-corrected chi connectivity index (χ2v) is 4.95. The fourth-order valence-corrected chi connectivity index (χ4v) is 2.08. The van der Waals surface area contributed by atoms with E-state index in [1.807, 2.05) is 31.2 Å². The highest BCUT2D eigenvalue weighted by atomic mass is 127. The van der Waals surface area contributed by atoms with Gasteiger partial charge in [0, 0.05) is 0 Å². The highest BCUT2D eigenvalue weighted by Gasteiger charge is 2.03. The summed E-state index contributed by atoms with van der Waals surface area (Å²) in [5.41, 5.74) is 1.92. The van der Waals surface area contributed by atoms with Crippen molar-refractivity contribution in [1.82, 2.24) is 0 Å². The Bertz CT molecular complexity index is 525. The van der Waals surface area contributed by atoms with Gasteiger partial charge in [0.25, 0.3) is 0 Å². The number of hydrogen-bond acceptors (Lipinski definition) is 1. The Morgan fingerprint density at radius 2 is 1.94 bits per heavy atom. The van der Waals surface area contributed by atoms with Crippen molar-refractivity contribution in [3.05, 3.63) is 63.0 Å². The van der Waals surface area contributed by atoms with Gasteiger partial charge in [0.15, 0.2) is 0 Å². The summed E-state index contributed by atoms with van der Waals surface area (Å²) < 4.78 is 19.7. The zero-order valence-electron chi connectivity index (χ0n) is 9.41. The summed E-state index contributed by atoms with van der Waals surface area (Å²) in [6.07, 6.45) is 0. The Morgan fingerprint density at radius 1 is 1.18 bits per heavy atom. The van der Waals surface area contributed by atoms with Crippen molar-refractivity contribution >= 4 is 22.6 Å². The Labute approximate surface area is 114 Å². The van der Waals surface area contributed by atoms with Gasteiger partial charge < -0.3 is 4.74 Å². The Kier molecular flexibility index (Phi) is 3.99. The number of halogens is 2. The molecule has 17 heavy (non-hydrogen) atoms. The van der Waals surface area contributed by atoms with E-state index in [1.165, 1.54) is 12.1 Å². The Hall–Kier alpha value is -1.10. The van der Waals surface area contributed by atoms with E-state index < -0.39 is 0 Å². The van der Waals surface area contributed by atoms with Gasteiger partial charge in [-0.05, 0) is 64.9 Å². The highest BCUT2D eigenvalue weighted by Crippen LogP contribution is 2.21. The second-order valence-electron chi connectivity index (χ2n) is 3.79. The number of hydrogen-bond donors (Lipinski definition) is 0. The Balaban J connectivity index is 2.10. The zero-order chi connectivity index (χ0) is 12.3. The van der Waals surface area contributed by atoms with Gasteiger partial charge in [-0.3, -0.25) is 0 Å². The molecule has 3 heteroatoms. The van der Waals surface area contributed by atoms with E-state index in [0.29, 0.717) is 6.61 Å². The van der Waals surface area contributed by atoms with Crippen molar-refractivity contribution in [1.29, 1.82) is 0 Å². The summed E-state index contributed by atoms with van der Waals surface area (Å²) in [5, 5.41) is 0. The molecular weight excluding hydrogens is 330 g/mol. The smallest absolute Gasteiger partial charge is 0.133 e. The molecule has 0 radical (unpaired) electrons. The average Bonchev–Trinajstić information content (AvgIpc) is 2.30. The summed E-state index contributed by atoms with van der Waals surface area (Å²) in [5.74, 6) is 0.650. The van der Waals surface area contributed by atoms with Crippen molar-refractivity contribution in [3.63, 3.8) is 0 Å². The second kappa shape index (κ2) is 5.49. The lowest BCUT2D eigenvalue weighted by molar-refractivity contribution is 0.303. The first-order chi connectivity index (χ1) is 8.16. The van der Waals surface area contributed by atoms with Crippen molar-refractivity contribution in [2.45, 2.75) is 13.5 Å². The number of benzene rings is 2. The molecule has 0 saturated heterocycles. The molecule has 0 spiro atoms. The lowest BCUT2D eigenvalue weighted by atomic mass is 10.1. The van der Waals surface area contributed by atoms with Crippen LogP contribution in [0.25, 0.3) is 0 Å². The van der Waals surface area contributed by atoms with Gasteiger partial charge in [-0.15, -0.1) is 0 Å². The Morgan fingerprint density at radius 3 is 2.65 bits per heavy atom. The first kappa shape index (κ1) is 12.4. The van der Waals surface area contributed by atoms with Crippen LogP contribution in [0.1, 0.15) is 11.1 Å². The molecule has 2 rings (SSSR count). The van der Waals surface area contributed by atoms with Crippen LogP contribution in [0.15, 0.2) is 42.5 Å². The molecule has 0 aromatic heterocycles. The fraction of sp³-hybridized carbons (Fsp3) is 0.143. The van der Waals surface area contributed by atoms with E-state index in [2.05, 4.69) is 22.6 Å². The van der Waals surface area contributed by atoms with Gasteiger partial charge in [-0.1, -0.05) is 18.2 Å². The molecule has 0 aliphatic carbocycles. The van der Waals surface area contributed by atoms with Crippen LogP contribution in [-0.4, -0.2) is 0 Å². The third-order valence-corrected chi connectivity index (χ3v) is 3.42. The van der Waals surface area contributed by atoms with Crippen molar-refractivity contribution in [3.8, 4) is 5.75 Å². The molecule has 1 nitrogen and oxygen atoms in total. The molecule has 0 fully saturated rings. The first-order valence-corrected chi connectivity index (χ1v) is 6.37. The van der Waals surface area contributed by atoms with Crippen LogP contribution < -0.4 is 4.74 Å². The molecule has 0 saturated carbocycles. The molecular formula is C14H12FIO. The molecule has 0 unspecified atom stereocenters. The van der Waals surface area contributed by atoms with E-state index in [1.54, 1.807) is 6.07 Å². The minimum atomic E-state index is -0.208. The lowest BCUT2D eigenvalue weighted by Gasteiger charge is -2.10. The summed E-state index contributed by atoms with van der Waals surface area (Å²) in [6.45, 7) is 2.35. The van der Waals surface area contributed by atoms with Gasteiger partial charge in [0.05, 0.1) is 3.57 Å². The largest absolute Gasteiger partial charge is 0.488 e. The minimum Gasteiger partial charge on any atom is -0.488 e. The van der Waals surface area contributed by atoms with E-state index >= 15 is 0 Å². The number of rotatable bonds is 3. The van der Waals surface area contributed by atoms with E-state index in [-0.39, 0.29) is 5.82 Å². The topological polar surface area (TPSA) is 9.23 Å². The van der Waals surface area contributed by atoms with Crippen LogP contribution in [0.2, 0.25) is 0 Å². The third-order valence-electron chi connectivity index (χ3n) is 2.52. The lowest BCUT2D eigenvalue weighted by Crippen LogP contribution is -1.99. The summed E-state index contributed by atoms with van der Waals surface area (Å²) >= 11 is 2.23. The monoisotopic (exact) mass is 342 g/mol. The molecule has 88 valence electrons. The van der Waals surface area contributed by atoms with Gasteiger partial charge in [-0.25, -0.2) is 4.39 Å². The SMILES string of the molecule is Cc1cc(F)ccc1COc1ccccc1I. The van der Waals surface area contributed by atoms with Gasteiger partial charge in [-0.2, -0.15) is 0 Å². The van der Waals surface area contributed by atoms with Crippen LogP contribution >= 0.6 is 22.6 Å². The third kappa shape index (κ3) is 3.19. The molecule has 0 atom stereocenters. The molecule has 0 aliphatic heterocycles. The van der Waals surface area contributed by atoms with Crippen LogP contribution in [0, 0.1) is 16.3 Å². The summed E-state index contributed by atoms with van der Waals surface area (Å²) in [7, 11) is 0. The van der Waals surface area contributed by atoms with Crippen LogP contribution in [-0.2, 0) is 6.61 Å². The number of para-hydroxylation sites is 1. The van der Waals surface area contributed by atoms with Crippen LogP contribution in [0.3, 0.4) is 0 Å². The standard InChI is InChI=1S/C14H12FIO/c1-10-8-12(15)7-6-11(10)9-17-14-5-3-2-4-13(14)16/h2-8H,9H2,1H3. The molecule has 0 bridgehead atoms. The van der Waals surface area contributed by atoms with Crippen molar-refractivity contribution < 1.29 is 9.13 Å². The molecule has 2 aromatic carbocycles. The van der Waals surface area contributed by atoms with Crippen LogP contribution in [0.5, 0.6) is 5.75 Å². The van der Waals surface area contributed by atoms with Crippen molar-refractivity contribution in [2.24, 2.45) is 0 Å². The molecule has 0 amide bonds. The van der Waals surface area contributed by atoms with E-state index in [4.69, 9.17) is 4.74 Å². The molecule has 2 aromatic rings. The van der Waals surface area contributed by atoms with Gasteiger partial charge >= 0.3 is 0 Å². The van der Waals surface area contributed by atoms with E-state index in [0.717, 1.165) is 20.4 Å². The normalized spacial score (nSPS) is 10.3. The zero-order valence-corrected chi connectivity index (χ0v) is 11.6.